The van der Waals surface area contributed by atoms with Crippen LogP contribution in [0.25, 0.3) is 0 Å². The second-order valence-electron chi connectivity index (χ2n) is 8.65. The first kappa shape index (κ1) is 18.7. The molecule has 10 nitrogen and oxygen atoms in total. The van der Waals surface area contributed by atoms with E-state index in [-0.39, 0.29) is 17.9 Å². The molecule has 3 fully saturated rings. The lowest BCUT2D eigenvalue weighted by molar-refractivity contribution is 0.0929. The highest BCUT2D eigenvalue weighted by Crippen LogP contribution is 2.50. The van der Waals surface area contributed by atoms with E-state index < -0.39 is 15.4 Å². The van der Waals surface area contributed by atoms with Crippen molar-refractivity contribution in [3.63, 3.8) is 0 Å². The first-order valence-electron chi connectivity index (χ1n) is 9.87. The molecule has 0 radical (unpaired) electrons. The maximum Gasteiger partial charge on any atom is 0.271 e. The molecule has 0 unspecified atom stereocenters. The van der Waals surface area contributed by atoms with E-state index in [0.29, 0.717) is 49.3 Å². The fourth-order valence-corrected chi connectivity index (χ4v) is 5.75. The SMILES string of the molecule is Cc1noc([C@]23C[C@H](NC(=O)c4cc(C5CC5)[nH]n4)C[C@H]2CN(S(C)(=O)=O)C3)n1. The number of H-pyrrole nitrogens is 1. The molecule has 0 bridgehead atoms. The fourth-order valence-electron chi connectivity index (χ4n) is 4.83. The van der Waals surface area contributed by atoms with E-state index in [1.165, 1.54) is 10.6 Å². The van der Waals surface area contributed by atoms with Gasteiger partial charge in [0.05, 0.1) is 11.7 Å². The summed E-state index contributed by atoms with van der Waals surface area (Å²) in [6.45, 7) is 2.42. The minimum absolute atomic E-state index is 0.00332. The number of aryl methyl sites for hydroxylation is 1. The molecule has 2 aromatic heterocycles. The summed E-state index contributed by atoms with van der Waals surface area (Å²) in [7, 11) is -3.32. The van der Waals surface area contributed by atoms with Crippen molar-refractivity contribution in [3.8, 4) is 0 Å². The minimum Gasteiger partial charge on any atom is -0.348 e. The zero-order chi connectivity index (χ0) is 20.4. The highest BCUT2D eigenvalue weighted by atomic mass is 32.2. The van der Waals surface area contributed by atoms with E-state index in [0.717, 1.165) is 18.5 Å². The smallest absolute Gasteiger partial charge is 0.271 e. The highest BCUT2D eigenvalue weighted by Gasteiger charge is 2.59. The number of carbonyl (C=O) groups is 1. The Morgan fingerprint density at radius 1 is 1.41 bits per heavy atom. The second kappa shape index (κ2) is 6.36. The van der Waals surface area contributed by atoms with Gasteiger partial charge >= 0.3 is 0 Å². The Kier molecular flexibility index (Phi) is 4.11. The van der Waals surface area contributed by atoms with Gasteiger partial charge in [0.25, 0.3) is 5.91 Å². The van der Waals surface area contributed by atoms with Gasteiger partial charge < -0.3 is 9.84 Å². The van der Waals surface area contributed by atoms with Crippen molar-refractivity contribution in [1.29, 1.82) is 0 Å². The summed E-state index contributed by atoms with van der Waals surface area (Å²) in [5.41, 5.74) is 0.831. The second-order valence-corrected chi connectivity index (χ2v) is 10.6. The van der Waals surface area contributed by atoms with E-state index in [2.05, 4.69) is 25.7 Å². The van der Waals surface area contributed by atoms with Gasteiger partial charge in [0, 0.05) is 30.7 Å². The molecule has 3 heterocycles. The number of hydrogen-bond acceptors (Lipinski definition) is 7. The number of amides is 1. The summed E-state index contributed by atoms with van der Waals surface area (Å²) in [5, 5.41) is 14.1. The van der Waals surface area contributed by atoms with Crippen LogP contribution in [0.5, 0.6) is 0 Å². The topological polar surface area (TPSA) is 134 Å². The summed E-state index contributed by atoms with van der Waals surface area (Å²) in [6, 6.07) is 1.72. The van der Waals surface area contributed by atoms with Gasteiger partial charge in [-0.1, -0.05) is 5.16 Å². The molecule has 156 valence electrons. The molecular formula is C18H24N6O4S. The third-order valence-corrected chi connectivity index (χ3v) is 7.67. The van der Waals surface area contributed by atoms with Crippen molar-refractivity contribution in [2.24, 2.45) is 5.92 Å². The standard InChI is InChI=1S/C18H24N6O4S/c1-10-19-17(28-23-10)18-7-13(5-12(18)8-24(9-18)29(2,26)27)20-16(25)15-6-14(21-22-15)11-3-4-11/h6,11-13H,3-5,7-9H2,1-2H3,(H,20,25)(H,21,22)/t12-,13+,18-/m0/s1. The van der Waals surface area contributed by atoms with Crippen LogP contribution in [0.4, 0.5) is 0 Å². The molecule has 3 atom stereocenters. The van der Waals surface area contributed by atoms with Gasteiger partial charge in [-0.3, -0.25) is 9.89 Å². The number of fused-ring (bicyclic) bond motifs is 1. The largest absolute Gasteiger partial charge is 0.348 e. The van der Waals surface area contributed by atoms with Crippen LogP contribution in [0, 0.1) is 12.8 Å². The highest BCUT2D eigenvalue weighted by molar-refractivity contribution is 7.88. The molecule has 1 saturated heterocycles. The van der Waals surface area contributed by atoms with Crippen LogP contribution < -0.4 is 5.32 Å². The van der Waals surface area contributed by atoms with E-state index >= 15 is 0 Å². The minimum atomic E-state index is -3.32. The molecule has 0 spiro atoms. The molecule has 11 heteroatoms. The molecule has 2 aliphatic carbocycles. The van der Waals surface area contributed by atoms with E-state index in [1.54, 1.807) is 6.92 Å². The molecule has 2 aromatic rings. The lowest BCUT2D eigenvalue weighted by atomic mass is 9.80. The van der Waals surface area contributed by atoms with Gasteiger partial charge in [0.2, 0.25) is 15.9 Å². The van der Waals surface area contributed by atoms with Crippen LogP contribution in [-0.2, 0) is 15.4 Å². The lowest BCUT2D eigenvalue weighted by Gasteiger charge is -2.24. The van der Waals surface area contributed by atoms with Crippen molar-refractivity contribution in [2.75, 3.05) is 19.3 Å². The molecule has 2 N–H and O–H groups in total. The van der Waals surface area contributed by atoms with Crippen LogP contribution >= 0.6 is 0 Å². The molecule has 29 heavy (non-hydrogen) atoms. The molecule has 3 aliphatic rings. The Balaban J connectivity index is 1.36. The van der Waals surface area contributed by atoms with Crippen molar-refractivity contribution in [3.05, 3.63) is 29.2 Å². The summed E-state index contributed by atoms with van der Waals surface area (Å²) in [6.07, 6.45) is 4.69. The Morgan fingerprint density at radius 3 is 2.86 bits per heavy atom. The number of hydrogen-bond donors (Lipinski definition) is 2. The van der Waals surface area contributed by atoms with E-state index in [4.69, 9.17) is 4.52 Å². The van der Waals surface area contributed by atoms with Crippen molar-refractivity contribution in [2.45, 2.75) is 50.0 Å². The van der Waals surface area contributed by atoms with Crippen LogP contribution in [0.15, 0.2) is 10.6 Å². The lowest BCUT2D eigenvalue weighted by Crippen LogP contribution is -2.39. The Morgan fingerprint density at radius 2 is 2.21 bits per heavy atom. The van der Waals surface area contributed by atoms with Gasteiger partial charge in [-0.2, -0.15) is 10.1 Å². The third kappa shape index (κ3) is 3.25. The van der Waals surface area contributed by atoms with Gasteiger partial charge in [-0.05, 0) is 44.6 Å². The monoisotopic (exact) mass is 420 g/mol. The molecule has 5 rings (SSSR count). The first-order chi connectivity index (χ1) is 13.7. The summed E-state index contributed by atoms with van der Waals surface area (Å²) in [4.78, 5) is 17.1. The predicted octanol–water partition coefficient (Wildman–Crippen LogP) is 0.700. The molecular weight excluding hydrogens is 396 g/mol. The first-order valence-corrected chi connectivity index (χ1v) is 11.7. The van der Waals surface area contributed by atoms with Gasteiger partial charge in [0.1, 0.15) is 5.69 Å². The van der Waals surface area contributed by atoms with Crippen molar-refractivity contribution >= 4 is 15.9 Å². The molecule has 0 aromatic carbocycles. The summed E-state index contributed by atoms with van der Waals surface area (Å²) >= 11 is 0. The van der Waals surface area contributed by atoms with Crippen molar-refractivity contribution in [1.82, 2.24) is 30.0 Å². The van der Waals surface area contributed by atoms with Gasteiger partial charge in [0.15, 0.2) is 5.82 Å². The van der Waals surface area contributed by atoms with E-state index in [1.807, 2.05) is 6.07 Å². The van der Waals surface area contributed by atoms with Gasteiger partial charge in [-0.25, -0.2) is 12.7 Å². The predicted molar refractivity (Wildman–Crippen MR) is 102 cm³/mol. The maximum absolute atomic E-state index is 12.7. The molecule has 1 aliphatic heterocycles. The number of nitrogens with zero attached hydrogens (tertiary/aromatic N) is 4. The van der Waals surface area contributed by atoms with Crippen LogP contribution in [0.3, 0.4) is 0 Å². The maximum atomic E-state index is 12.7. The zero-order valence-corrected chi connectivity index (χ0v) is 17.2. The van der Waals surface area contributed by atoms with Crippen LogP contribution in [-0.4, -0.2) is 64.4 Å². The van der Waals surface area contributed by atoms with Crippen LogP contribution in [0.2, 0.25) is 0 Å². The van der Waals surface area contributed by atoms with Crippen LogP contribution in [0.1, 0.15) is 59.5 Å². The normalized spacial score (nSPS) is 29.9. The number of carbonyl (C=O) groups excluding carboxylic acids is 1. The number of sulfonamides is 1. The summed E-state index contributed by atoms with van der Waals surface area (Å²) in [5.74, 6) is 1.26. The number of nitrogens with one attached hydrogen (secondary N) is 2. The van der Waals surface area contributed by atoms with Gasteiger partial charge in [-0.15, -0.1) is 0 Å². The summed E-state index contributed by atoms with van der Waals surface area (Å²) < 4.78 is 31.2. The quantitative estimate of drug-likeness (QED) is 0.727. The molecule has 1 amide bonds. The number of aromatic amines is 1. The average Bonchev–Trinajstić information content (AvgIpc) is 3.01. The van der Waals surface area contributed by atoms with Crippen molar-refractivity contribution < 1.29 is 17.7 Å². The number of aromatic nitrogens is 4. The van der Waals surface area contributed by atoms with E-state index in [9.17, 15) is 13.2 Å². The number of rotatable bonds is 5. The fraction of sp³-hybridized carbons (Fsp3) is 0.667. The average molecular weight is 420 g/mol. The zero-order valence-electron chi connectivity index (χ0n) is 16.4. The molecule has 2 saturated carbocycles. The Bertz CT molecular complexity index is 1060. The third-order valence-electron chi connectivity index (χ3n) is 6.45. The Hall–Kier alpha value is -2.27. The Labute approximate surface area is 168 Å².